The van der Waals surface area contributed by atoms with E-state index >= 15 is 0 Å². The van der Waals surface area contributed by atoms with E-state index in [-0.39, 0.29) is 17.0 Å². The summed E-state index contributed by atoms with van der Waals surface area (Å²) in [5.41, 5.74) is 5.58. The minimum absolute atomic E-state index is 0.0147. The Kier molecular flexibility index (Phi) is 2.67. The molecule has 0 amide bonds. The number of nitrogen functional groups attached to an aromatic ring is 1. The van der Waals surface area contributed by atoms with Crippen molar-refractivity contribution in [1.29, 1.82) is 0 Å². The molecule has 6 heteroatoms. The average molecular weight is 278 g/mol. The highest BCUT2D eigenvalue weighted by molar-refractivity contribution is 5.97. The van der Waals surface area contributed by atoms with E-state index in [0.29, 0.717) is 11.0 Å². The second-order valence-corrected chi connectivity index (χ2v) is 4.26. The Hall–Kier alpha value is -2.50. The second kappa shape index (κ2) is 4.26. The van der Waals surface area contributed by atoms with Crippen LogP contribution in [0.3, 0.4) is 0 Å². The molecule has 3 rings (SSSR count). The lowest BCUT2D eigenvalue weighted by Gasteiger charge is -2.11. The number of alkyl halides is 3. The smallest absolute Gasteiger partial charge is 0.417 e. The van der Waals surface area contributed by atoms with E-state index in [0.717, 1.165) is 6.07 Å². The molecule has 0 aliphatic carbocycles. The molecule has 2 heterocycles. The first-order chi connectivity index (χ1) is 9.48. The Balaban J connectivity index is 2.29. The fraction of sp³-hybridized carbons (Fsp3) is 0.0714. The van der Waals surface area contributed by atoms with Crippen LogP contribution < -0.4 is 5.73 Å². The molecule has 2 N–H and O–H groups in total. The van der Waals surface area contributed by atoms with Gasteiger partial charge in [0.2, 0.25) is 0 Å². The minimum Gasteiger partial charge on any atom is -0.452 e. The predicted octanol–water partition coefficient (Wildman–Crippen LogP) is 4.10. The molecule has 0 atom stereocenters. The molecule has 3 nitrogen and oxygen atoms in total. The molecule has 0 aliphatic heterocycles. The van der Waals surface area contributed by atoms with Gasteiger partial charge < -0.3 is 10.2 Å². The molecular weight excluding hydrogens is 269 g/mol. The lowest BCUT2D eigenvalue weighted by molar-refractivity contribution is -0.137. The summed E-state index contributed by atoms with van der Waals surface area (Å²) in [6.45, 7) is 0. The second-order valence-electron chi connectivity index (χ2n) is 4.26. The van der Waals surface area contributed by atoms with Crippen molar-refractivity contribution in [1.82, 2.24) is 4.98 Å². The van der Waals surface area contributed by atoms with Crippen LogP contribution in [-0.4, -0.2) is 4.98 Å². The Morgan fingerprint density at radius 1 is 1.10 bits per heavy atom. The maximum Gasteiger partial charge on any atom is 0.417 e. The van der Waals surface area contributed by atoms with Crippen LogP contribution >= 0.6 is 0 Å². The summed E-state index contributed by atoms with van der Waals surface area (Å²) in [7, 11) is 0. The number of hydrogen-bond donors (Lipinski definition) is 1. The van der Waals surface area contributed by atoms with Gasteiger partial charge in [0.15, 0.2) is 11.3 Å². The first-order valence-electron chi connectivity index (χ1n) is 5.77. The van der Waals surface area contributed by atoms with Crippen molar-refractivity contribution in [2.45, 2.75) is 6.18 Å². The Morgan fingerprint density at radius 2 is 1.85 bits per heavy atom. The number of pyridine rings is 1. The minimum atomic E-state index is -4.47. The lowest BCUT2D eigenvalue weighted by atomic mass is 10.0. The topological polar surface area (TPSA) is 52.0 Å². The van der Waals surface area contributed by atoms with Crippen molar-refractivity contribution in [2.75, 3.05) is 5.73 Å². The van der Waals surface area contributed by atoms with Crippen molar-refractivity contribution in [2.24, 2.45) is 0 Å². The predicted molar refractivity (Wildman–Crippen MR) is 68.9 cm³/mol. The molecule has 0 saturated heterocycles. The molecule has 0 fully saturated rings. The normalized spacial score (nSPS) is 11.9. The van der Waals surface area contributed by atoms with Crippen LogP contribution in [0.4, 0.5) is 18.9 Å². The summed E-state index contributed by atoms with van der Waals surface area (Å²) in [4.78, 5) is 3.86. The Bertz CT molecular complexity index is 777. The summed E-state index contributed by atoms with van der Waals surface area (Å²) in [5.74, 6) is 0.0147. The third-order valence-corrected chi connectivity index (χ3v) is 3.01. The molecule has 1 aromatic carbocycles. The zero-order valence-electron chi connectivity index (χ0n) is 10.1. The first kappa shape index (κ1) is 12.5. The molecule has 0 saturated carbocycles. The van der Waals surface area contributed by atoms with E-state index in [1.165, 1.54) is 30.6 Å². The molecular formula is C14H9F3N2O. The van der Waals surface area contributed by atoms with Crippen LogP contribution in [0.2, 0.25) is 0 Å². The summed E-state index contributed by atoms with van der Waals surface area (Å²) in [6, 6.07) is 6.78. The Labute approximate surface area is 111 Å². The van der Waals surface area contributed by atoms with Gasteiger partial charge in [-0.15, -0.1) is 0 Å². The zero-order valence-corrected chi connectivity index (χ0v) is 10.1. The summed E-state index contributed by atoms with van der Waals surface area (Å²) in [6.07, 6.45) is -1.54. The molecule has 2 aromatic heterocycles. The van der Waals surface area contributed by atoms with Crippen molar-refractivity contribution in [3.63, 3.8) is 0 Å². The number of anilines is 1. The van der Waals surface area contributed by atoms with Gasteiger partial charge >= 0.3 is 6.18 Å². The number of halogens is 3. The van der Waals surface area contributed by atoms with E-state index < -0.39 is 11.7 Å². The maximum atomic E-state index is 13.0. The number of nitrogens with two attached hydrogens (primary N) is 1. The molecule has 0 unspecified atom stereocenters. The van der Waals surface area contributed by atoms with Gasteiger partial charge in [-0.25, -0.2) is 0 Å². The number of aromatic nitrogens is 1. The van der Waals surface area contributed by atoms with Crippen LogP contribution in [0.15, 0.2) is 47.1 Å². The van der Waals surface area contributed by atoms with Crippen molar-refractivity contribution < 1.29 is 17.6 Å². The SMILES string of the molecule is Nc1c(-c2ccccc2C(F)(F)F)oc2cnccc12. The van der Waals surface area contributed by atoms with Crippen LogP contribution in [-0.2, 0) is 6.18 Å². The Morgan fingerprint density at radius 3 is 2.55 bits per heavy atom. The van der Waals surface area contributed by atoms with Gasteiger partial charge in [-0.2, -0.15) is 13.2 Å². The fourth-order valence-corrected chi connectivity index (χ4v) is 2.10. The summed E-state index contributed by atoms with van der Waals surface area (Å²) >= 11 is 0. The summed E-state index contributed by atoms with van der Waals surface area (Å²) < 4.78 is 44.5. The highest BCUT2D eigenvalue weighted by atomic mass is 19.4. The fourth-order valence-electron chi connectivity index (χ4n) is 2.10. The van der Waals surface area contributed by atoms with Gasteiger partial charge in [0.1, 0.15) is 0 Å². The van der Waals surface area contributed by atoms with Gasteiger partial charge in [-0.1, -0.05) is 18.2 Å². The number of nitrogens with zero attached hydrogens (tertiary/aromatic N) is 1. The van der Waals surface area contributed by atoms with Crippen LogP contribution in [0.5, 0.6) is 0 Å². The average Bonchev–Trinajstić information content (AvgIpc) is 2.76. The number of rotatable bonds is 1. The highest BCUT2D eigenvalue weighted by Gasteiger charge is 2.34. The first-order valence-corrected chi connectivity index (χ1v) is 5.77. The number of furan rings is 1. The van der Waals surface area contributed by atoms with Crippen LogP contribution in [0.25, 0.3) is 22.3 Å². The lowest BCUT2D eigenvalue weighted by Crippen LogP contribution is -2.07. The number of benzene rings is 1. The highest BCUT2D eigenvalue weighted by Crippen LogP contribution is 2.42. The van der Waals surface area contributed by atoms with Gasteiger partial charge in [0.05, 0.1) is 17.4 Å². The number of fused-ring (bicyclic) bond motifs is 1. The van der Waals surface area contributed by atoms with Gasteiger partial charge in [0, 0.05) is 17.1 Å². The van der Waals surface area contributed by atoms with Gasteiger partial charge in [0.25, 0.3) is 0 Å². The van der Waals surface area contributed by atoms with Crippen LogP contribution in [0, 0.1) is 0 Å². The molecule has 0 bridgehead atoms. The maximum absolute atomic E-state index is 13.0. The monoisotopic (exact) mass is 278 g/mol. The molecule has 0 spiro atoms. The van der Waals surface area contributed by atoms with E-state index in [2.05, 4.69) is 4.98 Å². The van der Waals surface area contributed by atoms with Crippen LogP contribution in [0.1, 0.15) is 5.56 Å². The van der Waals surface area contributed by atoms with E-state index in [1.807, 2.05) is 0 Å². The van der Waals surface area contributed by atoms with E-state index in [4.69, 9.17) is 10.2 Å². The molecule has 20 heavy (non-hydrogen) atoms. The van der Waals surface area contributed by atoms with E-state index in [9.17, 15) is 13.2 Å². The third-order valence-electron chi connectivity index (χ3n) is 3.01. The molecule has 102 valence electrons. The van der Waals surface area contributed by atoms with Crippen molar-refractivity contribution in [3.8, 4) is 11.3 Å². The zero-order chi connectivity index (χ0) is 14.3. The largest absolute Gasteiger partial charge is 0.452 e. The quantitative estimate of drug-likeness (QED) is 0.729. The number of hydrogen-bond acceptors (Lipinski definition) is 3. The molecule has 0 radical (unpaired) electrons. The van der Waals surface area contributed by atoms with Crippen molar-refractivity contribution in [3.05, 3.63) is 48.3 Å². The van der Waals surface area contributed by atoms with Gasteiger partial charge in [-0.3, -0.25) is 4.98 Å². The van der Waals surface area contributed by atoms with E-state index in [1.54, 1.807) is 6.07 Å². The molecule has 3 aromatic rings. The van der Waals surface area contributed by atoms with Gasteiger partial charge in [-0.05, 0) is 12.1 Å². The molecule has 0 aliphatic rings. The third kappa shape index (κ3) is 1.89. The standard InChI is InChI=1S/C14H9F3N2O/c15-14(16,17)10-4-2-1-3-8(10)13-12(18)9-5-6-19-7-11(9)20-13/h1-7H,18H2. The van der Waals surface area contributed by atoms with Crippen molar-refractivity contribution >= 4 is 16.7 Å². The summed E-state index contributed by atoms with van der Waals surface area (Å²) in [5, 5.41) is 0.548.